The highest BCUT2D eigenvalue weighted by Crippen LogP contribution is 2.43. The number of hydrogen-bond donors (Lipinski definition) is 0. The van der Waals surface area contributed by atoms with Crippen molar-refractivity contribution >= 4 is 83.1 Å². The second kappa shape index (κ2) is 27.7. The Balaban J connectivity index is 0.000000177. The Morgan fingerprint density at radius 2 is 0.716 bits per heavy atom. The summed E-state index contributed by atoms with van der Waals surface area (Å²) in [7, 11) is -0.417. The number of anilines is 11. The van der Waals surface area contributed by atoms with E-state index in [1.165, 1.54) is 66.8 Å². The van der Waals surface area contributed by atoms with Gasteiger partial charge in [-0.1, -0.05) is 232 Å². The second-order valence-corrected chi connectivity index (χ2v) is 21.9. The number of nitrogens with zero attached hydrogens (tertiary/aromatic N) is 4. The van der Waals surface area contributed by atoms with E-state index in [9.17, 15) is 0 Å². The van der Waals surface area contributed by atoms with Crippen LogP contribution in [-0.4, -0.2) is 8.60 Å². The molecule has 88 heavy (non-hydrogen) atoms. The van der Waals surface area contributed by atoms with Crippen LogP contribution < -0.4 is 19.6 Å². The lowest BCUT2D eigenvalue weighted by Crippen LogP contribution is -2.37. The molecule has 0 saturated carbocycles. The van der Waals surface area contributed by atoms with Gasteiger partial charge in [0.05, 0.1) is 14.3 Å². The highest BCUT2D eigenvalue weighted by atomic mass is 31.0. The minimum atomic E-state index is -0.417. The topological polar surface area (TPSA) is 13.0 Å². The Labute approximate surface area is 526 Å². The summed E-state index contributed by atoms with van der Waals surface area (Å²) in [6.07, 6.45) is 15.6. The van der Waals surface area contributed by atoms with E-state index in [1.807, 2.05) is 0 Å². The first-order valence-corrected chi connectivity index (χ1v) is 29.6. The monoisotopic (exact) mass is 1160 g/mol. The second-order valence-electron chi connectivity index (χ2n) is 21.9. The van der Waals surface area contributed by atoms with E-state index < -0.39 is 9.79 Å². The summed E-state index contributed by atoms with van der Waals surface area (Å²) < 4.78 is 11.8. The van der Waals surface area contributed by atoms with E-state index in [-0.39, 0.29) is 13.5 Å². The van der Waals surface area contributed by atoms with Crippen LogP contribution in [0.1, 0.15) is 18.6 Å². The molecule has 0 bridgehead atoms. The zero-order valence-electron chi connectivity index (χ0n) is 50.9. The molecular weight excluding hydrogens is 1080 g/mol. The van der Waals surface area contributed by atoms with Gasteiger partial charge in [-0.15, -0.1) is 0 Å². The average molecular weight is 1160 g/mol. The van der Waals surface area contributed by atoms with Crippen molar-refractivity contribution in [3.63, 3.8) is 0 Å². The van der Waals surface area contributed by atoms with Crippen molar-refractivity contribution in [2.24, 2.45) is 5.92 Å². The molecule has 0 fully saturated rings. The number of rotatable bonds is 14. The van der Waals surface area contributed by atoms with Crippen LogP contribution in [0.5, 0.6) is 0 Å². The SMILES string of the molecule is C.C1=CC2=CC=CC(N(c3ccccc3)c3ccc(-c4ccc(N(c5ccccc5)c5cccc6ccccc56)cc4)cc3)C2C=C1.Cc1cccc(N(c2ccccc2)c2ccc(-c3ccc(N(c4ccccc4)c4cccc(C)c4)cc3)cc2)c1.[2H]P[3H]. The fourth-order valence-corrected chi connectivity index (χ4v) is 12.0. The number of allylic oxidation sites excluding steroid dienone is 5. The van der Waals surface area contributed by atoms with Crippen LogP contribution in [0.2, 0.25) is 0 Å². The van der Waals surface area contributed by atoms with Crippen molar-refractivity contribution in [1.29, 1.82) is 2.56 Å². The highest BCUT2D eigenvalue weighted by Gasteiger charge is 2.30. The quantitative estimate of drug-likeness (QED) is 0.101. The van der Waals surface area contributed by atoms with Gasteiger partial charge in [0.1, 0.15) is 0 Å². The lowest BCUT2D eigenvalue weighted by atomic mass is 9.83. The predicted octanol–water partition coefficient (Wildman–Crippen LogP) is 23.3. The van der Waals surface area contributed by atoms with E-state index in [2.05, 4.69) is 385 Å². The highest BCUT2D eigenvalue weighted by molar-refractivity contribution is 6.92. The Hall–Kier alpha value is -10.5. The average Bonchev–Trinajstić information content (AvgIpc) is 1.15. The molecule has 3 unspecified atom stereocenters. The summed E-state index contributed by atoms with van der Waals surface area (Å²) in [5, 5.41) is 2.46. The first kappa shape index (κ1) is 56.6. The molecule has 430 valence electrons. The molecule has 0 amide bonds. The third kappa shape index (κ3) is 13.0. The van der Waals surface area contributed by atoms with Gasteiger partial charge in [-0.2, -0.15) is 9.79 Å². The Morgan fingerprint density at radius 3 is 1.19 bits per heavy atom. The molecule has 2 aliphatic carbocycles. The summed E-state index contributed by atoms with van der Waals surface area (Å²) in [4.78, 5) is 9.42. The van der Waals surface area contributed by atoms with E-state index in [4.69, 9.17) is 2.56 Å². The molecule has 0 aliphatic heterocycles. The zero-order valence-corrected chi connectivity index (χ0v) is 49.9. The third-order valence-corrected chi connectivity index (χ3v) is 16.2. The normalized spacial score (nSPS) is 13.9. The van der Waals surface area contributed by atoms with Gasteiger partial charge < -0.3 is 19.6 Å². The Kier molecular flexibility index (Phi) is 17.8. The van der Waals surface area contributed by atoms with E-state index in [0.717, 1.165) is 45.5 Å². The molecule has 0 spiro atoms. The summed E-state index contributed by atoms with van der Waals surface area (Å²) in [5.74, 6) is 0.303. The van der Waals surface area contributed by atoms with Gasteiger partial charge in [0.25, 0.3) is 0 Å². The molecule has 12 aromatic rings. The zero-order chi connectivity index (χ0) is 60.7. The van der Waals surface area contributed by atoms with Gasteiger partial charge in [-0.3, -0.25) is 0 Å². The number of benzene rings is 12. The lowest BCUT2D eigenvalue weighted by molar-refractivity contribution is 0.640. The first-order chi connectivity index (χ1) is 43.9. The van der Waals surface area contributed by atoms with Gasteiger partial charge in [-0.05, 0) is 186 Å². The molecule has 5 heteroatoms. The van der Waals surface area contributed by atoms with Crippen LogP contribution >= 0.6 is 9.79 Å². The summed E-state index contributed by atoms with van der Waals surface area (Å²) in [6.45, 7) is 4.27. The Morgan fingerprint density at radius 1 is 0.352 bits per heavy atom. The molecule has 3 atom stereocenters. The number of hydrogen-bond acceptors (Lipinski definition) is 4. The summed E-state index contributed by atoms with van der Waals surface area (Å²) >= 11 is 0. The minimum Gasteiger partial charge on any atom is -0.334 e. The molecule has 4 nitrogen and oxygen atoms in total. The van der Waals surface area contributed by atoms with E-state index in [0.29, 0.717) is 5.92 Å². The predicted molar refractivity (Wildman–Crippen MR) is 384 cm³/mol. The minimum absolute atomic E-state index is 0. The number of aryl methyl sites for hydroxylation is 2. The maximum atomic E-state index is 5.90. The van der Waals surface area contributed by atoms with Crippen LogP contribution in [0.3, 0.4) is 0 Å². The van der Waals surface area contributed by atoms with Gasteiger partial charge in [0.15, 0.2) is 0 Å². The van der Waals surface area contributed by atoms with Crippen molar-refractivity contribution in [3.8, 4) is 22.3 Å². The molecule has 0 saturated heterocycles. The first-order valence-electron chi connectivity index (χ1n) is 30.6. The summed E-state index contributed by atoms with van der Waals surface area (Å²) in [6, 6.07) is 111. The molecule has 2 aliphatic rings. The van der Waals surface area contributed by atoms with Crippen molar-refractivity contribution in [1.82, 2.24) is 0 Å². The standard InChI is InChI=1S/C44H34N2.C38H32N2.CH4.H3P/c1-3-17-37(18-4-1)45(43-23-11-15-35-13-7-9-21-41(35)43)39-29-25-33(26-30-39)34-27-31-40(32-28-34)46(38-19-5-2-6-20-38)44-24-12-16-36-14-8-10-22-42(36)44;1-29-11-9-17-37(27-29)39(33-13-5-3-6-14-33)35-23-19-31(20-24-35)32-21-25-36(26-22-32)40(34-15-7-4-8-16-34)38-18-10-12-30(2)28-38;;/h1-32,41,43H;3-28H,1-2H3;1H4;1H3/i;;;1TD. The van der Waals surface area contributed by atoms with Gasteiger partial charge in [0, 0.05) is 68.2 Å². The van der Waals surface area contributed by atoms with E-state index >= 15 is 0 Å². The fourth-order valence-electron chi connectivity index (χ4n) is 12.0. The summed E-state index contributed by atoms with van der Waals surface area (Å²) in [5.41, 5.74) is 21.2. The van der Waals surface area contributed by atoms with Gasteiger partial charge in [0.2, 0.25) is 0 Å². The van der Waals surface area contributed by atoms with Crippen LogP contribution in [0.4, 0.5) is 62.6 Å². The van der Waals surface area contributed by atoms with Crippen molar-refractivity contribution < 1.29 is 0 Å². The largest absolute Gasteiger partial charge is 0.334 e. The number of fused-ring (bicyclic) bond motifs is 2. The van der Waals surface area contributed by atoms with E-state index in [1.54, 1.807) is 0 Å². The molecular formula is C83H73N4P. The van der Waals surface area contributed by atoms with Crippen molar-refractivity contribution in [2.45, 2.75) is 27.3 Å². The van der Waals surface area contributed by atoms with Gasteiger partial charge in [-0.25, -0.2) is 0 Å². The van der Waals surface area contributed by atoms with Crippen molar-refractivity contribution in [2.75, 3.05) is 19.6 Å². The van der Waals surface area contributed by atoms with Gasteiger partial charge >= 0.3 is 0 Å². The van der Waals surface area contributed by atoms with Crippen LogP contribution in [0.25, 0.3) is 33.0 Å². The van der Waals surface area contributed by atoms with Crippen LogP contribution in [0.15, 0.2) is 357 Å². The van der Waals surface area contributed by atoms with Crippen molar-refractivity contribution in [3.05, 3.63) is 369 Å². The number of para-hydroxylation sites is 4. The molecule has 12 aromatic carbocycles. The van der Waals surface area contributed by atoms with Crippen LogP contribution in [-0.2, 0) is 0 Å². The van der Waals surface area contributed by atoms with Crippen LogP contribution in [0, 0.1) is 19.8 Å². The molecule has 0 heterocycles. The third-order valence-electron chi connectivity index (χ3n) is 16.2. The maximum Gasteiger partial charge on any atom is 0.0628 e. The Bertz CT molecular complexity index is 4250. The molecule has 0 aromatic heterocycles. The molecule has 14 rings (SSSR count). The smallest absolute Gasteiger partial charge is 0.0628 e. The molecule has 0 N–H and O–H groups in total. The fraction of sp³-hybridized carbons (Fsp3) is 0.0602. The lowest BCUT2D eigenvalue weighted by Gasteiger charge is -2.38. The maximum absolute atomic E-state index is 5.90. The molecule has 0 radical (unpaired) electrons.